The number of rotatable bonds is 11. The zero-order valence-electron chi connectivity index (χ0n) is 51.4. The number of benzene rings is 7. The molecule has 0 spiro atoms. The van der Waals surface area contributed by atoms with E-state index >= 15 is 0 Å². The molecule has 1 aromatic heterocycles. The summed E-state index contributed by atoms with van der Waals surface area (Å²) in [5, 5.41) is 0. The molecule has 7 aromatic carbocycles. The molecule has 2 heteroatoms. The van der Waals surface area contributed by atoms with Crippen LogP contribution in [0.25, 0.3) is 0 Å². The van der Waals surface area contributed by atoms with Crippen LogP contribution in [0.3, 0.4) is 0 Å². The summed E-state index contributed by atoms with van der Waals surface area (Å²) in [4.78, 5) is 4.20. The zero-order valence-corrected chi connectivity index (χ0v) is 51.4. The van der Waals surface area contributed by atoms with Crippen molar-refractivity contribution >= 4 is 0 Å². The summed E-state index contributed by atoms with van der Waals surface area (Å²) in [5.74, 6) is 5.72. The van der Waals surface area contributed by atoms with Crippen LogP contribution in [0.15, 0.2) is 225 Å². The molecule has 0 radical (unpaired) electrons. The highest BCUT2D eigenvalue weighted by molar-refractivity contribution is 5.33. The zero-order chi connectivity index (χ0) is 57.3. The minimum absolute atomic E-state index is 0.487. The Balaban J connectivity index is 0.000000202. The Morgan fingerprint density at radius 1 is 0.430 bits per heavy atom. The van der Waals surface area contributed by atoms with Crippen LogP contribution in [0.4, 0.5) is 0 Å². The molecule has 0 N–H and O–H groups in total. The van der Waals surface area contributed by atoms with Gasteiger partial charge in [0, 0.05) is 24.4 Å². The van der Waals surface area contributed by atoms with Crippen molar-refractivity contribution in [3.63, 3.8) is 0 Å². The van der Waals surface area contributed by atoms with Crippen LogP contribution < -0.4 is 0 Å². The molecule has 2 nitrogen and oxygen atoms in total. The summed E-state index contributed by atoms with van der Waals surface area (Å²) < 4.78 is 2.21. The molecule has 10 rings (SSSR count). The molecule has 0 bridgehead atoms. The average molecular weight is 1060 g/mol. The van der Waals surface area contributed by atoms with E-state index in [4.69, 9.17) is 0 Å². The van der Waals surface area contributed by atoms with E-state index in [1.54, 1.807) is 5.56 Å². The van der Waals surface area contributed by atoms with Gasteiger partial charge in [-0.05, 0) is 100.0 Å². The maximum atomic E-state index is 4.20. The van der Waals surface area contributed by atoms with Gasteiger partial charge in [0.1, 0.15) is 0 Å². The van der Waals surface area contributed by atoms with E-state index in [1.165, 1.54) is 96.9 Å². The fourth-order valence-electron chi connectivity index (χ4n) is 11.0. The fourth-order valence-corrected chi connectivity index (χ4v) is 11.0. The van der Waals surface area contributed by atoms with E-state index in [1.807, 2.05) is 48.9 Å². The standard InChI is InChI=1S/C16H18.C14H20.C13H16N2.C9H18.2C9H12.C7H8/c1-13(2)16(14-9-5-3-6-10-14)15-11-7-4-8-12-15;1-12(2)14(10-6-7-11-14)13-8-4-3-5-9-13;1-11(2)13-8-14-10-15(13)9-12-6-4-3-5-7-12;3*1-8(2)9-6-4-3-5-7-9;1-7-5-3-2-4-6-7/h3-13,16H,1-2H3;3-5,8-9,12H,6-7,10-11H2,1-2H3;3-8,10-11H,9H2,1-2H3;8-9H,3-7H2,1-2H3;2*3-8H,1-2H3;2-6H,1H3. The largest absolute Gasteiger partial charge is 0.330 e. The number of hydrogen-bond acceptors (Lipinski definition) is 1. The summed E-state index contributed by atoms with van der Waals surface area (Å²) in [6.45, 7) is 30.2. The number of aromatic nitrogens is 2. The highest BCUT2D eigenvalue weighted by Crippen LogP contribution is 2.46. The van der Waals surface area contributed by atoms with Crippen molar-refractivity contribution in [2.24, 2.45) is 23.7 Å². The van der Waals surface area contributed by atoms with Crippen molar-refractivity contribution < 1.29 is 0 Å². The Hall–Kier alpha value is -6.25. The molecule has 422 valence electrons. The molecule has 8 aromatic rings. The summed E-state index contributed by atoms with van der Waals surface area (Å²) in [5.41, 5.74) is 11.6. The summed E-state index contributed by atoms with van der Waals surface area (Å²) in [7, 11) is 0. The topological polar surface area (TPSA) is 17.8 Å². The lowest BCUT2D eigenvalue weighted by Crippen LogP contribution is -2.28. The second kappa shape index (κ2) is 36.8. The van der Waals surface area contributed by atoms with Crippen molar-refractivity contribution in [1.82, 2.24) is 9.55 Å². The third-order valence-electron chi connectivity index (χ3n) is 15.9. The predicted octanol–water partition coefficient (Wildman–Crippen LogP) is 22.5. The lowest BCUT2D eigenvalue weighted by molar-refractivity contribution is 0.279. The van der Waals surface area contributed by atoms with E-state index in [-0.39, 0.29) is 0 Å². The highest BCUT2D eigenvalue weighted by atomic mass is 15.0. The Morgan fingerprint density at radius 2 is 0.810 bits per heavy atom. The Bertz CT molecular complexity index is 2570. The normalized spacial score (nSPS) is 13.6. The van der Waals surface area contributed by atoms with Gasteiger partial charge in [-0.3, -0.25) is 0 Å². The monoisotopic (exact) mass is 1060 g/mol. The van der Waals surface area contributed by atoms with Gasteiger partial charge in [-0.25, -0.2) is 4.98 Å². The molecule has 0 saturated heterocycles. The number of hydrogen-bond donors (Lipinski definition) is 0. The molecular formula is C77H104N2. The van der Waals surface area contributed by atoms with Crippen LogP contribution in [-0.4, -0.2) is 9.55 Å². The average Bonchev–Trinajstić information content (AvgIpc) is 4.18. The van der Waals surface area contributed by atoms with Crippen LogP contribution in [0.1, 0.15) is 209 Å². The van der Waals surface area contributed by atoms with Gasteiger partial charge in [0.2, 0.25) is 0 Å². The molecule has 0 unspecified atom stereocenters. The first-order valence-electron chi connectivity index (χ1n) is 30.4. The molecule has 0 atom stereocenters. The van der Waals surface area contributed by atoms with Gasteiger partial charge >= 0.3 is 0 Å². The van der Waals surface area contributed by atoms with Crippen molar-refractivity contribution in [2.45, 2.75) is 183 Å². The van der Waals surface area contributed by atoms with Crippen LogP contribution in [-0.2, 0) is 12.0 Å². The maximum Gasteiger partial charge on any atom is 0.0951 e. The first kappa shape index (κ1) is 65.3. The fraction of sp³-hybridized carbons (Fsp3) is 0.416. The lowest BCUT2D eigenvalue weighted by atomic mass is 9.70. The first-order chi connectivity index (χ1) is 38.1. The van der Waals surface area contributed by atoms with Gasteiger partial charge in [-0.2, -0.15) is 0 Å². The Kier molecular flexibility index (Phi) is 30.4. The molecule has 1 heterocycles. The van der Waals surface area contributed by atoms with Crippen LogP contribution >= 0.6 is 0 Å². The minimum Gasteiger partial charge on any atom is -0.330 e. The summed E-state index contributed by atoms with van der Waals surface area (Å²) in [6.07, 6.45) is 16.9. The second-order valence-corrected chi connectivity index (χ2v) is 23.9. The first-order valence-corrected chi connectivity index (χ1v) is 30.4. The van der Waals surface area contributed by atoms with Gasteiger partial charge < -0.3 is 4.57 Å². The van der Waals surface area contributed by atoms with Crippen molar-refractivity contribution in [3.05, 3.63) is 269 Å². The van der Waals surface area contributed by atoms with E-state index < -0.39 is 0 Å². The Morgan fingerprint density at radius 3 is 1.13 bits per heavy atom. The molecule has 2 aliphatic carbocycles. The van der Waals surface area contributed by atoms with Gasteiger partial charge in [0.25, 0.3) is 0 Å². The summed E-state index contributed by atoms with van der Waals surface area (Å²) >= 11 is 0. The lowest BCUT2D eigenvalue weighted by Gasteiger charge is -2.34. The van der Waals surface area contributed by atoms with Crippen LogP contribution in [0.5, 0.6) is 0 Å². The Labute approximate surface area is 483 Å². The molecule has 0 aliphatic heterocycles. The number of nitrogens with zero attached hydrogens (tertiary/aromatic N) is 2. The van der Waals surface area contributed by atoms with Crippen LogP contribution in [0.2, 0.25) is 0 Å². The third kappa shape index (κ3) is 23.9. The van der Waals surface area contributed by atoms with E-state index in [2.05, 4.69) is 275 Å². The van der Waals surface area contributed by atoms with E-state index in [0.29, 0.717) is 35.0 Å². The van der Waals surface area contributed by atoms with Crippen molar-refractivity contribution in [3.8, 4) is 0 Å². The molecule has 0 amide bonds. The molecule has 2 saturated carbocycles. The number of aryl methyl sites for hydroxylation is 1. The maximum absolute atomic E-state index is 4.20. The number of imidazole rings is 1. The molecule has 79 heavy (non-hydrogen) atoms. The molecule has 2 aliphatic rings. The summed E-state index contributed by atoms with van der Waals surface area (Å²) in [6, 6.07) is 74.4. The van der Waals surface area contributed by atoms with Crippen molar-refractivity contribution in [2.75, 3.05) is 0 Å². The van der Waals surface area contributed by atoms with Gasteiger partial charge in [-0.15, -0.1) is 0 Å². The SMILES string of the molecule is CC(C)C(c1ccccc1)c1ccccc1.CC(C)C1(c2ccccc2)CCCC1.CC(C)C1CCCCC1.CC(C)c1ccccc1.CC(C)c1ccccc1.CC(C)c1cncn1Cc1ccccc1.Cc1ccccc1. The van der Waals surface area contributed by atoms with Gasteiger partial charge in [0.05, 0.1) is 6.33 Å². The third-order valence-corrected chi connectivity index (χ3v) is 15.9. The quantitative estimate of drug-likeness (QED) is 0.126. The second-order valence-electron chi connectivity index (χ2n) is 23.9. The van der Waals surface area contributed by atoms with E-state index in [9.17, 15) is 0 Å². The van der Waals surface area contributed by atoms with Crippen molar-refractivity contribution in [1.29, 1.82) is 0 Å². The van der Waals surface area contributed by atoms with E-state index in [0.717, 1.165) is 24.3 Å². The minimum atomic E-state index is 0.487. The predicted molar refractivity (Wildman–Crippen MR) is 347 cm³/mol. The smallest absolute Gasteiger partial charge is 0.0951 e. The highest BCUT2D eigenvalue weighted by Gasteiger charge is 2.38. The van der Waals surface area contributed by atoms with Gasteiger partial charge in [-0.1, -0.05) is 346 Å². The molecular weight excluding hydrogens is 953 g/mol. The van der Waals surface area contributed by atoms with Gasteiger partial charge in [0.15, 0.2) is 0 Å². The van der Waals surface area contributed by atoms with Crippen LogP contribution in [0, 0.1) is 30.6 Å². The molecule has 2 fully saturated rings.